The monoisotopic (exact) mass is 137 g/mol. The van der Waals surface area contributed by atoms with Crippen LogP contribution in [0.25, 0.3) is 0 Å². The van der Waals surface area contributed by atoms with Crippen molar-refractivity contribution in [1.29, 1.82) is 5.26 Å². The van der Waals surface area contributed by atoms with Gasteiger partial charge in [-0.1, -0.05) is 6.92 Å². The van der Waals surface area contributed by atoms with E-state index in [4.69, 9.17) is 5.26 Å². The van der Waals surface area contributed by atoms with Crippen LogP contribution >= 0.6 is 0 Å². The number of hydrogen-bond donors (Lipinski definition) is 0. The first-order valence-electron chi connectivity index (χ1n) is 3.65. The first-order valence-corrected chi connectivity index (χ1v) is 3.65. The zero-order valence-corrected chi connectivity index (χ0v) is 6.13. The molecule has 54 valence electrons. The van der Waals surface area contributed by atoms with Crippen molar-refractivity contribution in [2.45, 2.75) is 26.2 Å². The van der Waals surface area contributed by atoms with E-state index in [9.17, 15) is 4.79 Å². The molecular formula is C8H11NO. The fourth-order valence-corrected chi connectivity index (χ4v) is 1.46. The highest BCUT2D eigenvalue weighted by molar-refractivity contribution is 5.83. The Morgan fingerprint density at radius 1 is 1.80 bits per heavy atom. The first-order chi connectivity index (χ1) is 4.75. The van der Waals surface area contributed by atoms with E-state index in [0.717, 1.165) is 6.42 Å². The molecule has 0 N–H and O–H groups in total. The molecule has 10 heavy (non-hydrogen) atoms. The smallest absolute Gasteiger partial charge is 0.136 e. The van der Waals surface area contributed by atoms with Gasteiger partial charge in [0.1, 0.15) is 5.78 Å². The van der Waals surface area contributed by atoms with E-state index in [-0.39, 0.29) is 5.92 Å². The highest BCUT2D eigenvalue weighted by Crippen LogP contribution is 2.30. The Labute approximate surface area is 60.8 Å². The summed E-state index contributed by atoms with van der Waals surface area (Å²) in [6.07, 6.45) is 2.16. The zero-order chi connectivity index (χ0) is 7.56. The molecule has 1 rings (SSSR count). The number of nitriles is 1. The lowest BCUT2D eigenvalue weighted by molar-refractivity contribution is -0.120. The van der Waals surface area contributed by atoms with Gasteiger partial charge >= 0.3 is 0 Å². The molecule has 0 unspecified atom stereocenters. The molecule has 0 aliphatic heterocycles. The van der Waals surface area contributed by atoms with Gasteiger partial charge in [0, 0.05) is 18.8 Å². The van der Waals surface area contributed by atoms with Crippen LogP contribution in [-0.4, -0.2) is 5.78 Å². The summed E-state index contributed by atoms with van der Waals surface area (Å²) in [4.78, 5) is 10.9. The van der Waals surface area contributed by atoms with Crippen LogP contribution in [0.2, 0.25) is 0 Å². The fourth-order valence-electron chi connectivity index (χ4n) is 1.46. The highest BCUT2D eigenvalue weighted by Gasteiger charge is 2.30. The Kier molecular flexibility index (Phi) is 2.06. The fraction of sp³-hybridized carbons (Fsp3) is 0.750. The van der Waals surface area contributed by atoms with E-state index < -0.39 is 0 Å². The molecule has 1 fully saturated rings. The van der Waals surface area contributed by atoms with Gasteiger partial charge in [0.2, 0.25) is 0 Å². The average molecular weight is 137 g/mol. The zero-order valence-electron chi connectivity index (χ0n) is 6.13. The summed E-state index contributed by atoms with van der Waals surface area (Å²) in [6.45, 7) is 1.93. The molecule has 1 aliphatic carbocycles. The minimum atomic E-state index is 0.139. The summed E-state index contributed by atoms with van der Waals surface area (Å²) in [6, 6.07) is 2.11. The van der Waals surface area contributed by atoms with Crippen molar-refractivity contribution >= 4 is 5.78 Å². The molecule has 1 aliphatic rings. The van der Waals surface area contributed by atoms with Crippen molar-refractivity contribution in [3.8, 4) is 6.07 Å². The second-order valence-electron chi connectivity index (χ2n) is 2.92. The third-order valence-electron chi connectivity index (χ3n) is 2.33. The van der Waals surface area contributed by atoms with Crippen LogP contribution in [0, 0.1) is 23.2 Å². The van der Waals surface area contributed by atoms with Gasteiger partial charge < -0.3 is 0 Å². The number of carbonyl (C=O) groups is 1. The van der Waals surface area contributed by atoms with Gasteiger partial charge in [-0.05, 0) is 12.3 Å². The van der Waals surface area contributed by atoms with Gasteiger partial charge in [-0.25, -0.2) is 0 Å². The van der Waals surface area contributed by atoms with E-state index in [2.05, 4.69) is 6.07 Å². The summed E-state index contributed by atoms with van der Waals surface area (Å²) >= 11 is 0. The molecule has 2 atom stereocenters. The van der Waals surface area contributed by atoms with E-state index in [1.54, 1.807) is 0 Å². The van der Waals surface area contributed by atoms with Crippen molar-refractivity contribution < 1.29 is 4.79 Å². The molecule has 0 bridgehead atoms. The van der Waals surface area contributed by atoms with Crippen molar-refractivity contribution in [2.24, 2.45) is 11.8 Å². The topological polar surface area (TPSA) is 40.9 Å². The second kappa shape index (κ2) is 2.83. The maximum Gasteiger partial charge on any atom is 0.136 e. The number of carbonyl (C=O) groups excluding carboxylic acids is 1. The molecule has 0 aromatic carbocycles. The Bertz CT molecular complexity index is 180. The third kappa shape index (κ3) is 1.18. The van der Waals surface area contributed by atoms with Gasteiger partial charge in [-0.15, -0.1) is 0 Å². The van der Waals surface area contributed by atoms with E-state index in [1.165, 1.54) is 0 Å². The average Bonchev–Trinajstić information content (AvgIpc) is 2.20. The number of rotatable bonds is 1. The lowest BCUT2D eigenvalue weighted by Gasteiger charge is -2.07. The summed E-state index contributed by atoms with van der Waals surface area (Å²) in [5, 5.41) is 8.37. The van der Waals surface area contributed by atoms with Crippen molar-refractivity contribution in [3.63, 3.8) is 0 Å². The molecule has 0 amide bonds. The molecular weight excluding hydrogens is 126 g/mol. The number of nitrogens with zero attached hydrogens (tertiary/aromatic N) is 1. The van der Waals surface area contributed by atoms with Gasteiger partial charge in [0.05, 0.1) is 6.07 Å². The van der Waals surface area contributed by atoms with Crippen LogP contribution < -0.4 is 0 Å². The normalized spacial score (nSPS) is 32.2. The Morgan fingerprint density at radius 3 is 2.90 bits per heavy atom. The Hall–Kier alpha value is -0.840. The molecule has 0 aromatic rings. The standard InChI is InChI=1S/C8H11NO/c1-6-7(4-5-9)2-3-8(6)10/h6-7H,2-4H2,1H3/t6-,7-/m0/s1. The van der Waals surface area contributed by atoms with Gasteiger partial charge in [0.15, 0.2) is 0 Å². The molecule has 0 heterocycles. The summed E-state index contributed by atoms with van der Waals surface area (Å²) in [7, 11) is 0. The van der Waals surface area contributed by atoms with Crippen molar-refractivity contribution in [2.75, 3.05) is 0 Å². The summed E-state index contributed by atoms with van der Waals surface area (Å²) in [5.74, 6) is 0.817. The molecule has 0 spiro atoms. The number of ketones is 1. The minimum Gasteiger partial charge on any atom is -0.299 e. The van der Waals surface area contributed by atoms with Gasteiger partial charge in [-0.3, -0.25) is 4.79 Å². The predicted octanol–water partition coefficient (Wildman–Crippen LogP) is 1.52. The Morgan fingerprint density at radius 2 is 2.50 bits per heavy atom. The van der Waals surface area contributed by atoms with Crippen molar-refractivity contribution in [3.05, 3.63) is 0 Å². The van der Waals surface area contributed by atoms with Crippen LogP contribution in [0.15, 0.2) is 0 Å². The lowest BCUT2D eigenvalue weighted by atomic mass is 9.95. The molecule has 2 nitrogen and oxygen atoms in total. The molecule has 0 saturated heterocycles. The molecule has 0 aromatic heterocycles. The maximum absolute atomic E-state index is 10.9. The minimum absolute atomic E-state index is 0.139. The van der Waals surface area contributed by atoms with Crippen LogP contribution in [0.3, 0.4) is 0 Å². The number of hydrogen-bond acceptors (Lipinski definition) is 2. The first kappa shape index (κ1) is 7.27. The maximum atomic E-state index is 10.9. The van der Waals surface area contributed by atoms with Crippen LogP contribution in [-0.2, 0) is 4.79 Å². The van der Waals surface area contributed by atoms with Gasteiger partial charge in [0.25, 0.3) is 0 Å². The molecule has 0 radical (unpaired) electrons. The van der Waals surface area contributed by atoms with Gasteiger partial charge in [-0.2, -0.15) is 5.26 Å². The van der Waals surface area contributed by atoms with Crippen LogP contribution in [0.4, 0.5) is 0 Å². The lowest BCUT2D eigenvalue weighted by Crippen LogP contribution is -2.09. The number of Topliss-reactive ketones (excluding diaryl/α,β-unsaturated/α-hetero) is 1. The quantitative estimate of drug-likeness (QED) is 0.549. The summed E-state index contributed by atoms with van der Waals surface area (Å²) in [5.41, 5.74) is 0. The molecule has 1 saturated carbocycles. The predicted molar refractivity (Wildman–Crippen MR) is 37.1 cm³/mol. The molecule has 2 heteroatoms. The van der Waals surface area contributed by atoms with Crippen LogP contribution in [0.5, 0.6) is 0 Å². The van der Waals surface area contributed by atoms with Crippen LogP contribution in [0.1, 0.15) is 26.2 Å². The third-order valence-corrected chi connectivity index (χ3v) is 2.33. The van der Waals surface area contributed by atoms with E-state index in [1.807, 2.05) is 6.92 Å². The van der Waals surface area contributed by atoms with E-state index in [0.29, 0.717) is 24.5 Å². The SMILES string of the molecule is C[C@@H]1C(=O)CC[C@H]1CC#N. The second-order valence-corrected chi connectivity index (χ2v) is 2.92. The highest BCUT2D eigenvalue weighted by atomic mass is 16.1. The van der Waals surface area contributed by atoms with E-state index >= 15 is 0 Å². The van der Waals surface area contributed by atoms with Crippen molar-refractivity contribution in [1.82, 2.24) is 0 Å². The summed E-state index contributed by atoms with van der Waals surface area (Å²) < 4.78 is 0. The largest absolute Gasteiger partial charge is 0.299 e. The Balaban J connectivity index is 2.50.